The van der Waals surface area contributed by atoms with Gasteiger partial charge in [0.2, 0.25) is 0 Å². The van der Waals surface area contributed by atoms with Crippen LogP contribution in [0.2, 0.25) is 0 Å². The summed E-state index contributed by atoms with van der Waals surface area (Å²) >= 11 is 0. The van der Waals surface area contributed by atoms with E-state index in [1.807, 2.05) is 0 Å². The van der Waals surface area contributed by atoms with Crippen LogP contribution in [0, 0.1) is 11.8 Å². The van der Waals surface area contributed by atoms with Crippen LogP contribution in [0.3, 0.4) is 0 Å². The van der Waals surface area contributed by atoms with Crippen LogP contribution in [0.1, 0.15) is 71.1 Å². The maximum Gasteiger partial charge on any atom is 0.00953 e. The first-order chi connectivity index (χ1) is 9.83. The van der Waals surface area contributed by atoms with Gasteiger partial charge in [0, 0.05) is 6.04 Å². The number of hydrogen-bond donors (Lipinski definition) is 1. The van der Waals surface area contributed by atoms with Gasteiger partial charge in [0.25, 0.3) is 0 Å². The van der Waals surface area contributed by atoms with Crippen LogP contribution in [0.25, 0.3) is 0 Å². The summed E-state index contributed by atoms with van der Waals surface area (Å²) in [6, 6.07) is 0.919. The average molecular weight is 280 g/mol. The molecule has 2 atom stereocenters. The van der Waals surface area contributed by atoms with E-state index in [1.54, 1.807) is 0 Å². The SMILES string of the molecule is CCCC1CCCC(N2CCC(CCNC)CC2)CC1. The van der Waals surface area contributed by atoms with Gasteiger partial charge in [0.15, 0.2) is 0 Å². The van der Waals surface area contributed by atoms with Gasteiger partial charge in [-0.1, -0.05) is 32.6 Å². The van der Waals surface area contributed by atoms with Crippen molar-refractivity contribution in [1.82, 2.24) is 10.2 Å². The monoisotopic (exact) mass is 280 g/mol. The van der Waals surface area contributed by atoms with E-state index >= 15 is 0 Å². The van der Waals surface area contributed by atoms with Crippen molar-refractivity contribution < 1.29 is 0 Å². The van der Waals surface area contributed by atoms with Gasteiger partial charge in [-0.05, 0) is 77.0 Å². The zero-order valence-electron chi connectivity index (χ0n) is 13.9. The van der Waals surface area contributed by atoms with Gasteiger partial charge in [-0.25, -0.2) is 0 Å². The number of rotatable bonds is 6. The molecule has 1 aliphatic heterocycles. The van der Waals surface area contributed by atoms with E-state index in [0.29, 0.717) is 0 Å². The Labute approximate surface area is 126 Å². The molecule has 0 aromatic carbocycles. The maximum atomic E-state index is 3.30. The van der Waals surface area contributed by atoms with E-state index in [-0.39, 0.29) is 0 Å². The highest BCUT2D eigenvalue weighted by Gasteiger charge is 2.27. The summed E-state index contributed by atoms with van der Waals surface area (Å²) in [6.45, 7) is 6.29. The van der Waals surface area contributed by atoms with E-state index in [9.17, 15) is 0 Å². The highest BCUT2D eigenvalue weighted by Crippen LogP contribution is 2.31. The van der Waals surface area contributed by atoms with E-state index in [4.69, 9.17) is 0 Å². The van der Waals surface area contributed by atoms with Crippen molar-refractivity contribution in [3.05, 3.63) is 0 Å². The van der Waals surface area contributed by atoms with Crippen LogP contribution >= 0.6 is 0 Å². The molecule has 2 aliphatic rings. The minimum Gasteiger partial charge on any atom is -0.320 e. The van der Waals surface area contributed by atoms with Crippen molar-refractivity contribution in [1.29, 1.82) is 0 Å². The van der Waals surface area contributed by atoms with Crippen LogP contribution in [-0.4, -0.2) is 37.6 Å². The molecule has 1 heterocycles. The van der Waals surface area contributed by atoms with E-state index in [1.165, 1.54) is 83.8 Å². The molecular formula is C18H36N2. The zero-order valence-corrected chi connectivity index (χ0v) is 13.9. The molecule has 2 unspecified atom stereocenters. The van der Waals surface area contributed by atoms with Crippen molar-refractivity contribution in [3.8, 4) is 0 Å². The number of likely N-dealkylation sites (tertiary alicyclic amines) is 1. The van der Waals surface area contributed by atoms with Gasteiger partial charge in [-0.3, -0.25) is 0 Å². The number of hydrogen-bond acceptors (Lipinski definition) is 2. The summed E-state index contributed by atoms with van der Waals surface area (Å²) in [5.41, 5.74) is 0. The van der Waals surface area contributed by atoms with Crippen molar-refractivity contribution >= 4 is 0 Å². The second kappa shape index (κ2) is 9.04. The molecule has 2 fully saturated rings. The molecule has 0 amide bonds. The topological polar surface area (TPSA) is 15.3 Å². The lowest BCUT2D eigenvalue weighted by molar-refractivity contribution is 0.118. The lowest BCUT2D eigenvalue weighted by Crippen LogP contribution is -2.41. The smallest absolute Gasteiger partial charge is 0.00953 e. The summed E-state index contributed by atoms with van der Waals surface area (Å²) < 4.78 is 0. The lowest BCUT2D eigenvalue weighted by Gasteiger charge is -2.37. The molecule has 2 rings (SSSR count). The first-order valence-electron chi connectivity index (χ1n) is 9.22. The molecule has 1 aliphatic carbocycles. The second-order valence-corrected chi connectivity index (χ2v) is 7.19. The average Bonchev–Trinajstić information content (AvgIpc) is 2.72. The molecule has 0 radical (unpaired) electrons. The highest BCUT2D eigenvalue weighted by atomic mass is 15.2. The predicted molar refractivity (Wildman–Crippen MR) is 88.1 cm³/mol. The molecular weight excluding hydrogens is 244 g/mol. The predicted octanol–water partition coefficient (Wildman–Crippen LogP) is 4.06. The largest absolute Gasteiger partial charge is 0.320 e. The van der Waals surface area contributed by atoms with Gasteiger partial charge >= 0.3 is 0 Å². The molecule has 2 nitrogen and oxygen atoms in total. The summed E-state index contributed by atoms with van der Waals surface area (Å²) in [5, 5.41) is 3.30. The summed E-state index contributed by atoms with van der Waals surface area (Å²) in [5.74, 6) is 2.02. The van der Waals surface area contributed by atoms with Crippen LogP contribution in [-0.2, 0) is 0 Å². The van der Waals surface area contributed by atoms with Gasteiger partial charge in [0.1, 0.15) is 0 Å². The van der Waals surface area contributed by atoms with E-state index < -0.39 is 0 Å². The Hall–Kier alpha value is -0.0800. The Kier molecular flexibility index (Phi) is 7.37. The Morgan fingerprint density at radius 3 is 2.35 bits per heavy atom. The Bertz CT molecular complexity index is 246. The van der Waals surface area contributed by atoms with Gasteiger partial charge in [0.05, 0.1) is 0 Å². The lowest BCUT2D eigenvalue weighted by atomic mass is 9.91. The number of nitrogens with zero attached hydrogens (tertiary/aromatic N) is 1. The van der Waals surface area contributed by atoms with Crippen LogP contribution in [0.5, 0.6) is 0 Å². The standard InChI is InChI=1S/C18H36N2/c1-3-5-16-6-4-7-18(9-8-16)20-14-11-17(12-15-20)10-13-19-2/h16-19H,3-15H2,1-2H3. The van der Waals surface area contributed by atoms with Gasteiger partial charge in [-0.2, -0.15) is 0 Å². The maximum absolute atomic E-state index is 3.30. The molecule has 1 saturated carbocycles. The van der Waals surface area contributed by atoms with Crippen molar-refractivity contribution in [2.24, 2.45) is 11.8 Å². The fourth-order valence-electron chi connectivity index (χ4n) is 4.38. The van der Waals surface area contributed by atoms with Crippen LogP contribution < -0.4 is 5.32 Å². The van der Waals surface area contributed by atoms with E-state index in [2.05, 4.69) is 24.2 Å². The van der Waals surface area contributed by atoms with Crippen molar-refractivity contribution in [2.75, 3.05) is 26.7 Å². The van der Waals surface area contributed by atoms with Crippen LogP contribution in [0.4, 0.5) is 0 Å². The summed E-state index contributed by atoms with van der Waals surface area (Å²) in [7, 11) is 2.08. The zero-order chi connectivity index (χ0) is 14.2. The molecule has 0 aromatic heterocycles. The third-order valence-electron chi connectivity index (χ3n) is 5.72. The molecule has 1 saturated heterocycles. The van der Waals surface area contributed by atoms with Crippen molar-refractivity contribution in [2.45, 2.75) is 77.2 Å². The fourth-order valence-corrected chi connectivity index (χ4v) is 4.38. The molecule has 2 heteroatoms. The number of piperidine rings is 1. The molecule has 20 heavy (non-hydrogen) atoms. The highest BCUT2D eigenvalue weighted by molar-refractivity contribution is 4.81. The number of nitrogens with one attached hydrogen (secondary N) is 1. The fraction of sp³-hybridized carbons (Fsp3) is 1.00. The summed E-state index contributed by atoms with van der Waals surface area (Å²) in [6.07, 6.45) is 14.6. The normalized spacial score (nSPS) is 30.3. The third-order valence-corrected chi connectivity index (χ3v) is 5.72. The van der Waals surface area contributed by atoms with E-state index in [0.717, 1.165) is 17.9 Å². The molecule has 0 spiro atoms. The Balaban J connectivity index is 1.70. The summed E-state index contributed by atoms with van der Waals surface area (Å²) in [4.78, 5) is 2.84. The van der Waals surface area contributed by atoms with Crippen LogP contribution in [0.15, 0.2) is 0 Å². The van der Waals surface area contributed by atoms with Gasteiger partial charge < -0.3 is 10.2 Å². The second-order valence-electron chi connectivity index (χ2n) is 7.19. The molecule has 1 N–H and O–H groups in total. The first kappa shape index (κ1) is 16.3. The molecule has 0 aromatic rings. The quantitative estimate of drug-likeness (QED) is 0.738. The Morgan fingerprint density at radius 1 is 0.900 bits per heavy atom. The minimum absolute atomic E-state index is 0.919. The molecule has 0 bridgehead atoms. The molecule has 118 valence electrons. The third kappa shape index (κ3) is 5.04. The Morgan fingerprint density at radius 2 is 1.65 bits per heavy atom. The minimum atomic E-state index is 0.919. The van der Waals surface area contributed by atoms with Crippen molar-refractivity contribution in [3.63, 3.8) is 0 Å². The first-order valence-corrected chi connectivity index (χ1v) is 9.22. The van der Waals surface area contributed by atoms with Gasteiger partial charge in [-0.15, -0.1) is 0 Å².